The Morgan fingerprint density at radius 2 is 1.83 bits per heavy atom. The molecule has 1 atom stereocenters. The van der Waals surface area contributed by atoms with Gasteiger partial charge in [0.25, 0.3) is 21.8 Å². The minimum atomic E-state index is -4.14. The standard InChI is InChI=1S/C20H18ClN3O5S/c1-20(19(26)23-30(27,28)17-8-2-14(12-22)3-9-17)10-11-24(20)18(25)13-29-16-6-4-15(21)5-7-16/h2-9H,10-11,13H2,1H3,(H,23,26). The Bertz CT molecular complexity index is 1110. The van der Waals surface area contributed by atoms with Crippen LogP contribution in [0.25, 0.3) is 0 Å². The number of ether oxygens (including phenoxy) is 1. The number of amides is 2. The van der Waals surface area contributed by atoms with Gasteiger partial charge in [-0.25, -0.2) is 13.1 Å². The Labute approximate surface area is 179 Å². The molecular weight excluding hydrogens is 430 g/mol. The van der Waals surface area contributed by atoms with Gasteiger partial charge < -0.3 is 9.64 Å². The highest BCUT2D eigenvalue weighted by atomic mass is 35.5. The summed E-state index contributed by atoms with van der Waals surface area (Å²) in [6, 6.07) is 13.5. The van der Waals surface area contributed by atoms with Crippen molar-refractivity contribution in [2.45, 2.75) is 23.8 Å². The molecule has 8 nitrogen and oxygen atoms in total. The van der Waals surface area contributed by atoms with Crippen LogP contribution in [0.3, 0.4) is 0 Å². The van der Waals surface area contributed by atoms with Crippen molar-refractivity contribution in [2.75, 3.05) is 13.2 Å². The molecule has 156 valence electrons. The van der Waals surface area contributed by atoms with Crippen LogP contribution in [0, 0.1) is 11.3 Å². The number of benzene rings is 2. The third-order valence-corrected chi connectivity index (χ3v) is 6.50. The third-order valence-electron chi connectivity index (χ3n) is 4.90. The Balaban J connectivity index is 1.65. The topological polar surface area (TPSA) is 117 Å². The van der Waals surface area contributed by atoms with Crippen LogP contribution in [0.1, 0.15) is 18.9 Å². The SMILES string of the molecule is CC1(C(=O)NS(=O)(=O)c2ccc(C#N)cc2)CCN1C(=O)COc1ccc(Cl)cc1. The number of likely N-dealkylation sites (tertiary alicyclic amines) is 1. The van der Waals surface area contributed by atoms with Crippen molar-refractivity contribution >= 4 is 33.4 Å². The Kier molecular flexibility index (Phi) is 6.01. The first-order valence-corrected chi connectivity index (χ1v) is 10.8. The number of nitrogens with zero attached hydrogens (tertiary/aromatic N) is 2. The molecule has 1 fully saturated rings. The Morgan fingerprint density at radius 1 is 1.20 bits per heavy atom. The number of sulfonamides is 1. The van der Waals surface area contributed by atoms with Crippen LogP contribution >= 0.6 is 11.6 Å². The molecular formula is C20H18ClN3O5S. The molecule has 1 N–H and O–H groups in total. The molecule has 1 unspecified atom stereocenters. The van der Waals surface area contributed by atoms with E-state index in [1.165, 1.54) is 36.1 Å². The number of halogens is 1. The number of nitrogens with one attached hydrogen (secondary N) is 1. The van der Waals surface area contributed by atoms with Crippen LogP contribution in [0.2, 0.25) is 5.02 Å². The van der Waals surface area contributed by atoms with Gasteiger partial charge in [0.1, 0.15) is 11.3 Å². The molecule has 0 aromatic heterocycles. The van der Waals surface area contributed by atoms with Gasteiger partial charge in [0, 0.05) is 11.6 Å². The van der Waals surface area contributed by atoms with Crippen molar-refractivity contribution in [3.63, 3.8) is 0 Å². The summed E-state index contributed by atoms with van der Waals surface area (Å²) in [6.07, 6.45) is 0.314. The normalized spacial score (nSPS) is 18.1. The summed E-state index contributed by atoms with van der Waals surface area (Å²) in [5, 5.41) is 9.34. The fourth-order valence-electron chi connectivity index (χ4n) is 2.95. The fraction of sp³-hybridized carbons (Fsp3) is 0.250. The highest BCUT2D eigenvalue weighted by Gasteiger charge is 2.50. The summed E-state index contributed by atoms with van der Waals surface area (Å²) in [6.45, 7) is 1.51. The van der Waals surface area contributed by atoms with Gasteiger partial charge in [0.15, 0.2) is 6.61 Å². The average Bonchev–Trinajstić information content (AvgIpc) is 2.71. The molecule has 30 heavy (non-hydrogen) atoms. The van der Waals surface area contributed by atoms with Crippen molar-refractivity contribution in [3.05, 3.63) is 59.1 Å². The lowest BCUT2D eigenvalue weighted by atomic mass is 9.86. The van der Waals surface area contributed by atoms with Gasteiger partial charge in [-0.1, -0.05) is 11.6 Å². The highest BCUT2D eigenvalue weighted by Crippen LogP contribution is 2.31. The van der Waals surface area contributed by atoms with Crippen molar-refractivity contribution in [1.29, 1.82) is 5.26 Å². The fourth-order valence-corrected chi connectivity index (χ4v) is 4.15. The molecule has 1 saturated heterocycles. The van der Waals surface area contributed by atoms with E-state index in [-0.39, 0.29) is 11.5 Å². The molecule has 1 aliphatic heterocycles. The smallest absolute Gasteiger partial charge is 0.264 e. The van der Waals surface area contributed by atoms with Crippen LogP contribution in [-0.2, 0) is 19.6 Å². The number of carbonyl (C=O) groups excluding carboxylic acids is 2. The second-order valence-corrected chi connectivity index (χ2v) is 9.00. The highest BCUT2D eigenvalue weighted by molar-refractivity contribution is 7.90. The largest absolute Gasteiger partial charge is 0.484 e. The molecule has 0 saturated carbocycles. The van der Waals surface area contributed by atoms with E-state index >= 15 is 0 Å². The quantitative estimate of drug-likeness (QED) is 0.724. The molecule has 10 heteroatoms. The molecule has 0 aliphatic carbocycles. The lowest BCUT2D eigenvalue weighted by Gasteiger charge is -2.48. The summed E-state index contributed by atoms with van der Waals surface area (Å²) < 4.78 is 32.4. The maximum atomic E-state index is 12.7. The van der Waals surface area contributed by atoms with E-state index < -0.39 is 27.4 Å². The number of hydrogen-bond donors (Lipinski definition) is 1. The van der Waals surface area contributed by atoms with E-state index in [2.05, 4.69) is 0 Å². The first-order valence-electron chi connectivity index (χ1n) is 8.92. The molecule has 0 bridgehead atoms. The third kappa shape index (κ3) is 4.40. The van der Waals surface area contributed by atoms with Crippen molar-refractivity contribution in [3.8, 4) is 11.8 Å². The van der Waals surface area contributed by atoms with E-state index in [4.69, 9.17) is 21.6 Å². The van der Waals surface area contributed by atoms with Gasteiger partial charge in [-0.05, 0) is 61.9 Å². The number of rotatable bonds is 6. The average molecular weight is 448 g/mol. The van der Waals surface area contributed by atoms with Gasteiger partial charge >= 0.3 is 0 Å². The predicted molar refractivity (Wildman–Crippen MR) is 108 cm³/mol. The van der Waals surface area contributed by atoms with E-state index in [1.54, 1.807) is 24.3 Å². The van der Waals surface area contributed by atoms with Gasteiger partial charge in [0.05, 0.1) is 16.5 Å². The lowest BCUT2D eigenvalue weighted by molar-refractivity contribution is -0.158. The first-order chi connectivity index (χ1) is 14.2. The zero-order valence-corrected chi connectivity index (χ0v) is 17.5. The number of nitriles is 1. The van der Waals surface area contributed by atoms with Crippen molar-refractivity contribution < 1.29 is 22.7 Å². The van der Waals surface area contributed by atoms with Crippen LogP contribution in [0.5, 0.6) is 5.75 Å². The summed E-state index contributed by atoms with van der Waals surface area (Å²) in [4.78, 5) is 26.3. The molecule has 2 amide bonds. The van der Waals surface area contributed by atoms with Crippen LogP contribution < -0.4 is 9.46 Å². The molecule has 3 rings (SSSR count). The molecule has 2 aromatic carbocycles. The zero-order valence-electron chi connectivity index (χ0n) is 16.0. The number of carbonyl (C=O) groups is 2. The second kappa shape index (κ2) is 8.34. The number of hydrogen-bond acceptors (Lipinski definition) is 6. The Morgan fingerprint density at radius 3 is 2.37 bits per heavy atom. The maximum Gasteiger partial charge on any atom is 0.264 e. The first kappa shape index (κ1) is 21.6. The van der Waals surface area contributed by atoms with E-state index in [0.717, 1.165) is 0 Å². The van der Waals surface area contributed by atoms with Gasteiger partial charge in [-0.2, -0.15) is 5.26 Å². The van der Waals surface area contributed by atoms with Crippen molar-refractivity contribution in [1.82, 2.24) is 9.62 Å². The summed E-state index contributed by atoms with van der Waals surface area (Å²) in [7, 11) is -4.14. The van der Waals surface area contributed by atoms with Gasteiger partial charge in [-0.15, -0.1) is 0 Å². The van der Waals surface area contributed by atoms with Crippen molar-refractivity contribution in [2.24, 2.45) is 0 Å². The van der Waals surface area contributed by atoms with E-state index in [9.17, 15) is 18.0 Å². The van der Waals surface area contributed by atoms with Gasteiger partial charge in [-0.3, -0.25) is 9.59 Å². The summed E-state index contributed by atoms with van der Waals surface area (Å²) in [5.41, 5.74) is -1.01. The monoisotopic (exact) mass is 447 g/mol. The van der Waals surface area contributed by atoms with Crippen LogP contribution in [0.4, 0.5) is 0 Å². The van der Waals surface area contributed by atoms with Crippen LogP contribution in [-0.4, -0.2) is 43.8 Å². The molecule has 2 aromatic rings. The summed E-state index contributed by atoms with van der Waals surface area (Å²) >= 11 is 5.80. The predicted octanol–water partition coefficient (Wildman–Crippen LogP) is 2.09. The molecule has 0 radical (unpaired) electrons. The minimum Gasteiger partial charge on any atom is -0.484 e. The Hall–Kier alpha value is -3.09. The molecule has 1 aliphatic rings. The van der Waals surface area contributed by atoms with Gasteiger partial charge in [0.2, 0.25) is 0 Å². The summed E-state index contributed by atoms with van der Waals surface area (Å²) in [5.74, 6) is -0.801. The maximum absolute atomic E-state index is 12.7. The molecule has 1 heterocycles. The zero-order chi connectivity index (χ0) is 21.9. The van der Waals surface area contributed by atoms with E-state index in [0.29, 0.717) is 29.3 Å². The molecule has 0 spiro atoms. The van der Waals surface area contributed by atoms with Crippen LogP contribution in [0.15, 0.2) is 53.4 Å². The lowest BCUT2D eigenvalue weighted by Crippen LogP contribution is -2.68. The minimum absolute atomic E-state index is 0.151. The van der Waals surface area contributed by atoms with E-state index in [1.807, 2.05) is 10.8 Å². The second-order valence-electron chi connectivity index (χ2n) is 6.88.